The van der Waals surface area contributed by atoms with Crippen molar-refractivity contribution in [2.24, 2.45) is 0 Å². The topological polar surface area (TPSA) is 101 Å². The molecule has 0 atom stereocenters. The first-order valence-electron chi connectivity index (χ1n) is 6.92. The maximum absolute atomic E-state index is 12.4. The van der Waals surface area contributed by atoms with Gasteiger partial charge >= 0.3 is 5.97 Å². The lowest BCUT2D eigenvalue weighted by atomic mass is 10.1. The zero-order valence-electron chi connectivity index (χ0n) is 13.4. The van der Waals surface area contributed by atoms with Gasteiger partial charge in [-0.25, -0.2) is 13.2 Å². The molecule has 1 heterocycles. The van der Waals surface area contributed by atoms with Gasteiger partial charge in [-0.3, -0.25) is 9.40 Å². The molecule has 23 heavy (non-hydrogen) atoms. The molecule has 0 bridgehead atoms. The number of sulfonamides is 1. The number of nitrogens with one attached hydrogen (secondary N) is 1. The smallest absolute Gasteiger partial charge is 0.335 e. The van der Waals surface area contributed by atoms with Gasteiger partial charge in [-0.2, -0.15) is 5.10 Å². The van der Waals surface area contributed by atoms with Crippen molar-refractivity contribution in [2.75, 3.05) is 4.72 Å². The lowest BCUT2D eigenvalue weighted by Gasteiger charge is -2.18. The highest BCUT2D eigenvalue weighted by atomic mass is 32.2. The third-order valence-electron chi connectivity index (χ3n) is 3.27. The van der Waals surface area contributed by atoms with Crippen molar-refractivity contribution in [3.8, 4) is 0 Å². The van der Waals surface area contributed by atoms with E-state index in [4.69, 9.17) is 5.11 Å². The summed E-state index contributed by atoms with van der Waals surface area (Å²) in [7, 11) is -3.88. The first-order chi connectivity index (χ1) is 10.5. The van der Waals surface area contributed by atoms with Gasteiger partial charge in [0.2, 0.25) is 0 Å². The minimum absolute atomic E-state index is 0.0433. The minimum Gasteiger partial charge on any atom is -0.478 e. The Morgan fingerprint density at radius 2 is 1.96 bits per heavy atom. The number of hydrogen-bond donors (Lipinski definition) is 2. The SMILES string of the molecule is Cc1ccc(S(=O)(=O)Nc2cnn(C(C)(C)C)c2)cc1C(=O)O. The molecule has 1 aromatic heterocycles. The predicted octanol–water partition coefficient (Wildman–Crippen LogP) is 2.45. The summed E-state index contributed by atoms with van der Waals surface area (Å²) < 4.78 is 28.9. The molecule has 124 valence electrons. The molecule has 0 aliphatic heterocycles. The van der Waals surface area contributed by atoms with Gasteiger partial charge in [-0.15, -0.1) is 0 Å². The summed E-state index contributed by atoms with van der Waals surface area (Å²) in [4.78, 5) is 11.0. The van der Waals surface area contributed by atoms with E-state index in [-0.39, 0.29) is 16.0 Å². The number of nitrogens with zero attached hydrogens (tertiary/aromatic N) is 2. The third kappa shape index (κ3) is 3.70. The normalized spacial score (nSPS) is 12.2. The van der Waals surface area contributed by atoms with Crippen LogP contribution in [0.3, 0.4) is 0 Å². The molecule has 2 aromatic rings. The fourth-order valence-electron chi connectivity index (χ4n) is 1.96. The Kier molecular flexibility index (Phi) is 4.21. The number of anilines is 1. The van der Waals surface area contributed by atoms with Gasteiger partial charge in [-0.05, 0) is 45.4 Å². The van der Waals surface area contributed by atoms with Crippen LogP contribution >= 0.6 is 0 Å². The summed E-state index contributed by atoms with van der Waals surface area (Å²) >= 11 is 0. The molecule has 0 unspecified atom stereocenters. The van der Waals surface area contributed by atoms with Crippen LogP contribution in [0, 0.1) is 6.92 Å². The molecule has 0 amide bonds. The number of aromatic carboxylic acids is 1. The highest BCUT2D eigenvalue weighted by Gasteiger charge is 2.20. The Bertz CT molecular complexity index is 848. The Labute approximate surface area is 135 Å². The van der Waals surface area contributed by atoms with Crippen LogP contribution in [0.4, 0.5) is 5.69 Å². The molecular formula is C15H19N3O4S. The largest absolute Gasteiger partial charge is 0.478 e. The highest BCUT2D eigenvalue weighted by molar-refractivity contribution is 7.92. The number of aryl methyl sites for hydroxylation is 1. The first kappa shape index (κ1) is 17.0. The summed E-state index contributed by atoms with van der Waals surface area (Å²) in [6.45, 7) is 7.44. The molecule has 1 aromatic carbocycles. The van der Waals surface area contributed by atoms with Gasteiger partial charge in [-0.1, -0.05) is 6.07 Å². The van der Waals surface area contributed by atoms with Crippen molar-refractivity contribution in [3.05, 3.63) is 41.7 Å². The van der Waals surface area contributed by atoms with Crippen LogP contribution in [0.25, 0.3) is 0 Å². The van der Waals surface area contributed by atoms with Gasteiger partial charge < -0.3 is 5.11 Å². The van der Waals surface area contributed by atoms with Gasteiger partial charge in [0.15, 0.2) is 0 Å². The fourth-order valence-corrected chi connectivity index (χ4v) is 3.01. The molecule has 0 saturated carbocycles. The molecule has 0 saturated heterocycles. The number of benzene rings is 1. The van der Waals surface area contributed by atoms with E-state index in [0.29, 0.717) is 11.3 Å². The van der Waals surface area contributed by atoms with E-state index in [0.717, 1.165) is 6.07 Å². The molecular weight excluding hydrogens is 318 g/mol. The van der Waals surface area contributed by atoms with Gasteiger partial charge in [0.25, 0.3) is 10.0 Å². The maximum Gasteiger partial charge on any atom is 0.335 e. The van der Waals surface area contributed by atoms with E-state index >= 15 is 0 Å². The second kappa shape index (κ2) is 5.69. The quantitative estimate of drug-likeness (QED) is 0.892. The van der Waals surface area contributed by atoms with E-state index in [1.54, 1.807) is 17.8 Å². The van der Waals surface area contributed by atoms with E-state index in [1.165, 1.54) is 18.3 Å². The van der Waals surface area contributed by atoms with Crippen LogP contribution in [-0.2, 0) is 15.6 Å². The Morgan fingerprint density at radius 3 is 2.48 bits per heavy atom. The number of carboxylic acid groups (broad SMARTS) is 1. The number of rotatable bonds is 4. The summed E-state index contributed by atoms with van der Waals surface area (Å²) in [5, 5.41) is 13.2. The highest BCUT2D eigenvalue weighted by Crippen LogP contribution is 2.21. The maximum atomic E-state index is 12.4. The number of aromatic nitrogens is 2. The van der Waals surface area contributed by atoms with Crippen molar-refractivity contribution >= 4 is 21.7 Å². The molecule has 2 rings (SSSR count). The second-order valence-electron chi connectivity index (χ2n) is 6.23. The Morgan fingerprint density at radius 1 is 1.30 bits per heavy atom. The van der Waals surface area contributed by atoms with E-state index < -0.39 is 16.0 Å². The van der Waals surface area contributed by atoms with Crippen LogP contribution in [-0.4, -0.2) is 29.3 Å². The molecule has 0 spiro atoms. The molecule has 7 nitrogen and oxygen atoms in total. The minimum atomic E-state index is -3.88. The molecule has 0 fully saturated rings. The monoisotopic (exact) mass is 337 g/mol. The molecule has 0 radical (unpaired) electrons. The van der Waals surface area contributed by atoms with Gasteiger partial charge in [0, 0.05) is 6.20 Å². The zero-order valence-corrected chi connectivity index (χ0v) is 14.2. The molecule has 0 aliphatic rings. The van der Waals surface area contributed by atoms with Crippen molar-refractivity contribution < 1.29 is 18.3 Å². The van der Waals surface area contributed by atoms with Crippen LogP contribution in [0.1, 0.15) is 36.7 Å². The van der Waals surface area contributed by atoms with Crippen LogP contribution < -0.4 is 4.72 Å². The Balaban J connectivity index is 2.34. The summed E-state index contributed by atoms with van der Waals surface area (Å²) in [5.74, 6) is -1.17. The molecule has 2 N–H and O–H groups in total. The lowest BCUT2D eigenvalue weighted by Crippen LogP contribution is -2.22. The first-order valence-corrected chi connectivity index (χ1v) is 8.41. The van der Waals surface area contributed by atoms with Crippen LogP contribution in [0.5, 0.6) is 0 Å². The zero-order chi connectivity index (χ0) is 17.4. The Hall–Kier alpha value is -2.35. The average Bonchev–Trinajstić information content (AvgIpc) is 2.86. The van der Waals surface area contributed by atoms with Crippen molar-refractivity contribution in [3.63, 3.8) is 0 Å². The van der Waals surface area contributed by atoms with Crippen LogP contribution in [0.2, 0.25) is 0 Å². The van der Waals surface area contributed by atoms with Gasteiger partial charge in [0.05, 0.1) is 27.9 Å². The van der Waals surface area contributed by atoms with E-state index in [1.807, 2.05) is 20.8 Å². The van der Waals surface area contributed by atoms with Gasteiger partial charge in [0.1, 0.15) is 0 Å². The fraction of sp³-hybridized carbons (Fsp3) is 0.333. The molecule has 8 heteroatoms. The van der Waals surface area contributed by atoms with E-state index in [9.17, 15) is 13.2 Å². The lowest BCUT2D eigenvalue weighted by molar-refractivity contribution is 0.0696. The number of carbonyl (C=O) groups is 1. The average molecular weight is 337 g/mol. The van der Waals surface area contributed by atoms with Crippen molar-refractivity contribution in [1.29, 1.82) is 0 Å². The number of carboxylic acids is 1. The van der Waals surface area contributed by atoms with Crippen molar-refractivity contribution in [2.45, 2.75) is 38.1 Å². The van der Waals surface area contributed by atoms with E-state index in [2.05, 4.69) is 9.82 Å². The summed E-state index contributed by atoms with van der Waals surface area (Å²) in [6.07, 6.45) is 3.00. The summed E-state index contributed by atoms with van der Waals surface area (Å²) in [5.41, 5.74) is 0.497. The second-order valence-corrected chi connectivity index (χ2v) is 7.91. The molecule has 0 aliphatic carbocycles. The van der Waals surface area contributed by atoms with Crippen molar-refractivity contribution in [1.82, 2.24) is 9.78 Å². The summed E-state index contributed by atoms with van der Waals surface area (Å²) in [6, 6.07) is 3.99. The predicted molar refractivity (Wildman–Crippen MR) is 86.2 cm³/mol. The number of hydrogen-bond acceptors (Lipinski definition) is 4. The van der Waals surface area contributed by atoms with Crippen LogP contribution in [0.15, 0.2) is 35.5 Å². The standard InChI is InChI=1S/C15H19N3O4S/c1-10-5-6-12(7-13(10)14(19)20)23(21,22)17-11-8-16-18(9-11)15(2,3)4/h5-9,17H,1-4H3,(H,19,20). The third-order valence-corrected chi connectivity index (χ3v) is 4.65.